The van der Waals surface area contributed by atoms with Gasteiger partial charge in [-0.05, 0) is 43.7 Å². The third kappa shape index (κ3) is 4.43. The third-order valence-corrected chi connectivity index (χ3v) is 4.68. The van der Waals surface area contributed by atoms with Crippen LogP contribution in [0.4, 0.5) is 11.4 Å². The minimum absolute atomic E-state index is 0.0585. The quantitative estimate of drug-likeness (QED) is 0.451. The summed E-state index contributed by atoms with van der Waals surface area (Å²) in [7, 11) is 1.58. The molecule has 0 N–H and O–H groups in total. The molecule has 8 nitrogen and oxygen atoms in total. The number of nitro groups is 1. The van der Waals surface area contributed by atoms with Gasteiger partial charge in [0.1, 0.15) is 23.7 Å². The first kappa shape index (κ1) is 20.1. The van der Waals surface area contributed by atoms with Crippen molar-refractivity contribution in [1.29, 1.82) is 0 Å². The van der Waals surface area contributed by atoms with E-state index in [4.69, 9.17) is 4.74 Å². The van der Waals surface area contributed by atoms with Crippen LogP contribution in [0.1, 0.15) is 17.0 Å². The van der Waals surface area contributed by atoms with E-state index < -0.39 is 4.92 Å². The van der Waals surface area contributed by atoms with Crippen LogP contribution in [0.3, 0.4) is 0 Å². The zero-order valence-electron chi connectivity index (χ0n) is 16.5. The molecule has 2 aromatic carbocycles. The predicted octanol–water partition coefficient (Wildman–Crippen LogP) is 3.65. The number of carbonyl (C=O) groups is 1. The Morgan fingerprint density at radius 3 is 2.34 bits per heavy atom. The molecule has 1 heterocycles. The van der Waals surface area contributed by atoms with E-state index in [1.54, 1.807) is 38.0 Å². The van der Waals surface area contributed by atoms with Gasteiger partial charge in [-0.25, -0.2) is 0 Å². The average Bonchev–Trinajstić information content (AvgIpc) is 3.00. The summed E-state index contributed by atoms with van der Waals surface area (Å²) in [6, 6.07) is 16.8. The number of anilines is 1. The fourth-order valence-electron chi connectivity index (χ4n) is 3.17. The monoisotopic (exact) mass is 394 g/mol. The van der Waals surface area contributed by atoms with Crippen LogP contribution in [0.2, 0.25) is 0 Å². The predicted molar refractivity (Wildman–Crippen MR) is 109 cm³/mol. The summed E-state index contributed by atoms with van der Waals surface area (Å²) >= 11 is 0. The van der Waals surface area contributed by atoms with E-state index in [0.29, 0.717) is 29.4 Å². The molecule has 0 saturated carbocycles. The van der Waals surface area contributed by atoms with Gasteiger partial charge in [-0.2, -0.15) is 5.10 Å². The fourth-order valence-corrected chi connectivity index (χ4v) is 3.17. The average molecular weight is 394 g/mol. The van der Waals surface area contributed by atoms with E-state index in [-0.39, 0.29) is 18.1 Å². The standard InChI is InChI=1S/C21H22N4O4/c1-15-21(25(27)28)16(2)24(22-15)14-20(26)23(13-17-7-5-4-6-8-17)18-9-11-19(29-3)12-10-18/h4-12H,13-14H2,1-3H3. The Hall–Kier alpha value is -3.68. The van der Waals surface area contributed by atoms with Gasteiger partial charge < -0.3 is 9.64 Å². The molecule has 29 heavy (non-hydrogen) atoms. The number of carbonyl (C=O) groups excluding carboxylic acids is 1. The van der Waals surface area contributed by atoms with Crippen molar-refractivity contribution in [2.24, 2.45) is 0 Å². The molecule has 3 rings (SSSR count). The third-order valence-electron chi connectivity index (χ3n) is 4.68. The molecule has 0 bridgehead atoms. The smallest absolute Gasteiger partial charge is 0.312 e. The number of amides is 1. The number of nitrogens with zero attached hydrogens (tertiary/aromatic N) is 4. The van der Waals surface area contributed by atoms with Gasteiger partial charge in [-0.1, -0.05) is 30.3 Å². The van der Waals surface area contributed by atoms with Crippen LogP contribution >= 0.6 is 0 Å². The number of hydrogen-bond donors (Lipinski definition) is 0. The van der Waals surface area contributed by atoms with Crippen molar-refractivity contribution < 1.29 is 14.5 Å². The Kier molecular flexibility index (Phi) is 5.92. The normalized spacial score (nSPS) is 10.6. The molecule has 0 aliphatic carbocycles. The fraction of sp³-hybridized carbons (Fsp3) is 0.238. The van der Waals surface area contributed by atoms with Crippen LogP contribution in [0.15, 0.2) is 54.6 Å². The van der Waals surface area contributed by atoms with E-state index >= 15 is 0 Å². The summed E-state index contributed by atoms with van der Waals surface area (Å²) in [5, 5.41) is 15.4. The Morgan fingerprint density at radius 1 is 1.14 bits per heavy atom. The van der Waals surface area contributed by atoms with Crippen molar-refractivity contribution in [3.8, 4) is 5.75 Å². The highest BCUT2D eigenvalue weighted by Gasteiger charge is 2.25. The Morgan fingerprint density at radius 2 is 1.79 bits per heavy atom. The minimum atomic E-state index is -0.468. The van der Waals surface area contributed by atoms with Gasteiger partial charge in [0.25, 0.3) is 0 Å². The van der Waals surface area contributed by atoms with E-state index in [2.05, 4.69) is 5.10 Å². The summed E-state index contributed by atoms with van der Waals surface area (Å²) in [4.78, 5) is 25.6. The van der Waals surface area contributed by atoms with Crippen molar-refractivity contribution in [3.05, 3.63) is 81.7 Å². The van der Waals surface area contributed by atoms with Gasteiger partial charge in [0.2, 0.25) is 5.91 Å². The molecule has 3 aromatic rings. The zero-order valence-corrected chi connectivity index (χ0v) is 16.5. The van der Waals surface area contributed by atoms with E-state index in [1.165, 1.54) is 4.68 Å². The molecule has 150 valence electrons. The lowest BCUT2D eigenvalue weighted by Gasteiger charge is -2.23. The molecular formula is C21H22N4O4. The van der Waals surface area contributed by atoms with Gasteiger partial charge in [-0.3, -0.25) is 19.6 Å². The molecule has 0 unspecified atom stereocenters. The molecule has 0 radical (unpaired) electrons. The molecule has 0 aliphatic heterocycles. The van der Waals surface area contributed by atoms with Crippen LogP contribution in [0.5, 0.6) is 5.75 Å². The number of ether oxygens (including phenoxy) is 1. The van der Waals surface area contributed by atoms with Crippen LogP contribution in [-0.4, -0.2) is 27.7 Å². The van der Waals surface area contributed by atoms with Crippen LogP contribution in [0.25, 0.3) is 0 Å². The molecule has 0 atom stereocenters. The molecule has 8 heteroatoms. The van der Waals surface area contributed by atoms with Crippen molar-refractivity contribution in [3.63, 3.8) is 0 Å². The number of aromatic nitrogens is 2. The van der Waals surface area contributed by atoms with Gasteiger partial charge in [0.05, 0.1) is 18.6 Å². The van der Waals surface area contributed by atoms with E-state index in [9.17, 15) is 14.9 Å². The minimum Gasteiger partial charge on any atom is -0.497 e. The first-order valence-corrected chi connectivity index (χ1v) is 9.07. The number of aryl methyl sites for hydroxylation is 1. The van der Waals surface area contributed by atoms with Crippen molar-refractivity contribution in [2.75, 3.05) is 12.0 Å². The number of benzene rings is 2. The molecule has 0 aliphatic rings. The van der Waals surface area contributed by atoms with Gasteiger partial charge in [-0.15, -0.1) is 0 Å². The number of methoxy groups -OCH3 is 1. The van der Waals surface area contributed by atoms with Gasteiger partial charge >= 0.3 is 5.69 Å². The van der Waals surface area contributed by atoms with Gasteiger partial charge in [0, 0.05) is 5.69 Å². The summed E-state index contributed by atoms with van der Waals surface area (Å²) in [6.07, 6.45) is 0. The Labute approximate surface area is 168 Å². The van der Waals surface area contributed by atoms with Crippen LogP contribution in [0, 0.1) is 24.0 Å². The van der Waals surface area contributed by atoms with Gasteiger partial charge in [0.15, 0.2) is 0 Å². The lowest BCUT2D eigenvalue weighted by molar-refractivity contribution is -0.386. The highest BCUT2D eigenvalue weighted by Crippen LogP contribution is 2.24. The molecule has 0 saturated heterocycles. The lowest BCUT2D eigenvalue weighted by atomic mass is 10.2. The van der Waals surface area contributed by atoms with Crippen LogP contribution < -0.4 is 9.64 Å². The zero-order chi connectivity index (χ0) is 21.0. The van der Waals surface area contributed by atoms with Crippen molar-refractivity contribution in [2.45, 2.75) is 26.9 Å². The summed E-state index contributed by atoms with van der Waals surface area (Å²) in [6.45, 7) is 3.43. The number of hydrogen-bond acceptors (Lipinski definition) is 5. The Bertz CT molecular complexity index is 1010. The molecule has 1 amide bonds. The number of rotatable bonds is 7. The largest absolute Gasteiger partial charge is 0.497 e. The maximum atomic E-state index is 13.2. The molecule has 0 spiro atoms. The van der Waals surface area contributed by atoms with E-state index in [1.807, 2.05) is 42.5 Å². The highest BCUT2D eigenvalue weighted by atomic mass is 16.6. The maximum absolute atomic E-state index is 13.2. The first-order valence-electron chi connectivity index (χ1n) is 9.07. The topological polar surface area (TPSA) is 90.5 Å². The van der Waals surface area contributed by atoms with E-state index in [0.717, 1.165) is 5.56 Å². The SMILES string of the molecule is COc1ccc(N(Cc2ccccc2)C(=O)Cn2nc(C)c([N+](=O)[O-])c2C)cc1. The lowest BCUT2D eigenvalue weighted by Crippen LogP contribution is -2.34. The second-order valence-electron chi connectivity index (χ2n) is 6.60. The van der Waals surface area contributed by atoms with Crippen LogP contribution in [-0.2, 0) is 17.9 Å². The molecular weight excluding hydrogens is 372 g/mol. The second kappa shape index (κ2) is 8.55. The first-order chi connectivity index (χ1) is 13.9. The van der Waals surface area contributed by atoms with Crippen molar-refractivity contribution >= 4 is 17.3 Å². The second-order valence-corrected chi connectivity index (χ2v) is 6.60. The van der Waals surface area contributed by atoms with Crippen molar-refractivity contribution in [1.82, 2.24) is 9.78 Å². The maximum Gasteiger partial charge on any atom is 0.312 e. The molecule has 0 fully saturated rings. The molecule has 1 aromatic heterocycles. The summed E-state index contributed by atoms with van der Waals surface area (Å²) < 4.78 is 6.58. The highest BCUT2D eigenvalue weighted by molar-refractivity contribution is 5.93. The summed E-state index contributed by atoms with van der Waals surface area (Å²) in [5.41, 5.74) is 2.26. The Balaban J connectivity index is 1.91. The summed E-state index contributed by atoms with van der Waals surface area (Å²) in [5.74, 6) is 0.467.